The topological polar surface area (TPSA) is 83.9 Å². The van der Waals surface area contributed by atoms with Crippen molar-refractivity contribution < 1.29 is 28.2 Å². The lowest BCUT2D eigenvalue weighted by molar-refractivity contribution is -0.0525. The van der Waals surface area contributed by atoms with Gasteiger partial charge in [0, 0.05) is 17.7 Å². The summed E-state index contributed by atoms with van der Waals surface area (Å²) < 4.78 is 35.4. The lowest BCUT2D eigenvalue weighted by Gasteiger charge is -2.38. The zero-order chi connectivity index (χ0) is 24.2. The van der Waals surface area contributed by atoms with Crippen molar-refractivity contribution in [2.75, 3.05) is 17.3 Å². The first-order chi connectivity index (χ1) is 15.6. The van der Waals surface area contributed by atoms with E-state index in [1.54, 1.807) is 43.0 Å². The van der Waals surface area contributed by atoms with E-state index in [2.05, 4.69) is 22.0 Å². The number of nitrogens with zero attached hydrogens (tertiary/aromatic N) is 2. The normalized spacial score (nSPS) is 18.7. The van der Waals surface area contributed by atoms with Gasteiger partial charge < -0.3 is 19.9 Å². The Hall–Kier alpha value is -2.94. The second-order valence-corrected chi connectivity index (χ2v) is 8.87. The number of alkyl halides is 2. The summed E-state index contributed by atoms with van der Waals surface area (Å²) in [6.07, 6.45) is 3.50. The van der Waals surface area contributed by atoms with Crippen LogP contribution >= 0.6 is 0 Å². The molecule has 2 N–H and O–H groups in total. The number of pyridine rings is 1. The Kier molecular flexibility index (Phi) is 7.73. The van der Waals surface area contributed by atoms with Gasteiger partial charge in [-0.2, -0.15) is 13.8 Å². The minimum absolute atomic E-state index is 0.00369. The monoisotopic (exact) mass is 463 g/mol. The second kappa shape index (κ2) is 10.3. The van der Waals surface area contributed by atoms with E-state index in [9.17, 15) is 18.7 Å². The quantitative estimate of drug-likeness (QED) is 0.564. The molecule has 0 saturated heterocycles. The van der Waals surface area contributed by atoms with Crippen LogP contribution in [0.1, 0.15) is 52.0 Å². The van der Waals surface area contributed by atoms with Crippen LogP contribution in [-0.2, 0) is 5.60 Å². The molecule has 0 radical (unpaired) electrons. The number of ether oxygens (including phenoxy) is 2. The number of aliphatic hydroxyl groups is 1. The molecule has 0 unspecified atom stereocenters. The highest BCUT2D eigenvalue weighted by Gasteiger charge is 2.33. The molecular weight excluding hydrogens is 432 g/mol. The molecule has 1 aliphatic carbocycles. The largest absolute Gasteiger partial charge is 0.481 e. The number of nitrogens with one attached hydrogen (secondary N) is 1. The zero-order valence-electron chi connectivity index (χ0n) is 19.3. The van der Waals surface area contributed by atoms with Crippen LogP contribution in [0.2, 0.25) is 0 Å². The molecule has 2 amide bonds. The summed E-state index contributed by atoms with van der Waals surface area (Å²) in [6.45, 7) is 2.38. The number of carbonyl (C=O) groups is 1. The van der Waals surface area contributed by atoms with Crippen LogP contribution in [0.5, 0.6) is 11.8 Å². The number of hydrogen-bond donors (Lipinski definition) is 2. The maximum atomic E-state index is 13.6. The minimum Gasteiger partial charge on any atom is -0.481 e. The first kappa shape index (κ1) is 24.7. The standard InChI is InChI=1S/C24H31F2N3O4/c1-15-9-11-16(12-10-15)29(19-8-6-5-7-17(19)24(2,3)31)23(30)27-18-13-14-20(32-4)28-21(18)33-22(25)26/h5-8,13-16,22,31H,9-12H2,1-4H3,(H,27,30). The smallest absolute Gasteiger partial charge is 0.388 e. The Labute approximate surface area is 192 Å². The van der Waals surface area contributed by atoms with E-state index in [0.29, 0.717) is 17.2 Å². The third kappa shape index (κ3) is 6.10. The van der Waals surface area contributed by atoms with Gasteiger partial charge in [-0.1, -0.05) is 25.1 Å². The van der Waals surface area contributed by atoms with Gasteiger partial charge in [0.1, 0.15) is 5.69 Å². The number of anilines is 2. The molecule has 1 aliphatic rings. The minimum atomic E-state index is -3.12. The highest BCUT2D eigenvalue weighted by Crippen LogP contribution is 2.37. The van der Waals surface area contributed by atoms with E-state index in [1.165, 1.54) is 19.2 Å². The maximum Gasteiger partial charge on any atom is 0.388 e. The molecule has 1 saturated carbocycles. The first-order valence-corrected chi connectivity index (χ1v) is 11.0. The van der Waals surface area contributed by atoms with E-state index < -0.39 is 24.1 Å². The van der Waals surface area contributed by atoms with Crippen molar-refractivity contribution in [1.29, 1.82) is 0 Å². The average molecular weight is 464 g/mol. The molecule has 0 aliphatic heterocycles. The van der Waals surface area contributed by atoms with Crippen LogP contribution in [-0.4, -0.2) is 35.9 Å². The summed E-state index contributed by atoms with van der Waals surface area (Å²) in [4.78, 5) is 19.1. The fraction of sp³-hybridized carbons (Fsp3) is 0.500. The molecule has 1 aromatic carbocycles. The van der Waals surface area contributed by atoms with Gasteiger partial charge in [-0.25, -0.2) is 4.79 Å². The highest BCUT2D eigenvalue weighted by molar-refractivity contribution is 6.03. The Morgan fingerprint density at radius 3 is 2.45 bits per heavy atom. The van der Waals surface area contributed by atoms with Gasteiger partial charge >= 0.3 is 12.6 Å². The van der Waals surface area contributed by atoms with Gasteiger partial charge in [0.15, 0.2) is 0 Å². The molecule has 180 valence electrons. The molecule has 9 heteroatoms. The molecule has 0 spiro atoms. The van der Waals surface area contributed by atoms with Crippen molar-refractivity contribution in [3.05, 3.63) is 42.0 Å². The summed E-state index contributed by atoms with van der Waals surface area (Å²) in [7, 11) is 1.35. The summed E-state index contributed by atoms with van der Waals surface area (Å²) in [5.41, 5.74) is -0.0329. The van der Waals surface area contributed by atoms with Gasteiger partial charge in [0.25, 0.3) is 0 Å². The molecule has 7 nitrogen and oxygen atoms in total. The number of carbonyl (C=O) groups excluding carboxylic acids is 1. The predicted octanol–water partition coefficient (Wildman–Crippen LogP) is 5.54. The fourth-order valence-corrected chi connectivity index (χ4v) is 4.16. The number of urea groups is 1. The van der Waals surface area contributed by atoms with Crippen LogP contribution in [0.15, 0.2) is 36.4 Å². The molecule has 1 aromatic heterocycles. The number of methoxy groups -OCH3 is 1. The molecule has 2 aromatic rings. The van der Waals surface area contributed by atoms with Crippen molar-refractivity contribution >= 4 is 17.4 Å². The molecular formula is C24H31F2N3O4. The van der Waals surface area contributed by atoms with Gasteiger partial charge in [-0.3, -0.25) is 4.90 Å². The van der Waals surface area contributed by atoms with Crippen LogP contribution in [0.4, 0.5) is 25.0 Å². The number of halogens is 2. The third-order valence-electron chi connectivity index (χ3n) is 5.88. The Bertz CT molecular complexity index is 957. The predicted molar refractivity (Wildman–Crippen MR) is 122 cm³/mol. The molecule has 0 bridgehead atoms. The maximum absolute atomic E-state index is 13.6. The molecule has 33 heavy (non-hydrogen) atoms. The fourth-order valence-electron chi connectivity index (χ4n) is 4.16. The van der Waals surface area contributed by atoms with E-state index in [1.807, 2.05) is 0 Å². The molecule has 1 fully saturated rings. The zero-order valence-corrected chi connectivity index (χ0v) is 19.3. The van der Waals surface area contributed by atoms with E-state index >= 15 is 0 Å². The van der Waals surface area contributed by atoms with Crippen LogP contribution in [0.25, 0.3) is 0 Å². The van der Waals surface area contributed by atoms with E-state index in [0.717, 1.165) is 25.7 Å². The SMILES string of the molecule is COc1ccc(NC(=O)N(c2ccccc2C(C)(C)O)C2CCC(C)CC2)c(OC(F)F)n1. The third-order valence-corrected chi connectivity index (χ3v) is 5.88. The summed E-state index contributed by atoms with van der Waals surface area (Å²) in [5, 5.41) is 13.4. The van der Waals surface area contributed by atoms with Crippen LogP contribution in [0, 0.1) is 5.92 Å². The van der Waals surface area contributed by atoms with E-state index in [4.69, 9.17) is 4.74 Å². The van der Waals surface area contributed by atoms with Crippen molar-refractivity contribution in [3.8, 4) is 11.8 Å². The Morgan fingerprint density at radius 2 is 1.85 bits per heavy atom. The molecule has 0 atom stereocenters. The number of benzene rings is 1. The number of hydrogen-bond acceptors (Lipinski definition) is 5. The number of rotatable bonds is 7. The summed E-state index contributed by atoms with van der Waals surface area (Å²) in [5.74, 6) is 0.201. The number of para-hydroxylation sites is 1. The van der Waals surface area contributed by atoms with Gasteiger partial charge in [-0.05, 0) is 57.6 Å². The van der Waals surface area contributed by atoms with Crippen molar-refractivity contribution in [1.82, 2.24) is 4.98 Å². The average Bonchev–Trinajstić information content (AvgIpc) is 2.76. The second-order valence-electron chi connectivity index (χ2n) is 8.87. The summed E-state index contributed by atoms with van der Waals surface area (Å²) in [6, 6.07) is 9.40. The lowest BCUT2D eigenvalue weighted by Crippen LogP contribution is -2.46. The van der Waals surface area contributed by atoms with Crippen molar-refractivity contribution in [2.45, 2.75) is 64.7 Å². The van der Waals surface area contributed by atoms with Crippen molar-refractivity contribution in [2.24, 2.45) is 5.92 Å². The molecule has 1 heterocycles. The summed E-state index contributed by atoms with van der Waals surface area (Å²) >= 11 is 0. The number of amides is 2. The van der Waals surface area contributed by atoms with E-state index in [-0.39, 0.29) is 17.6 Å². The van der Waals surface area contributed by atoms with Gasteiger partial charge in [0.05, 0.1) is 18.4 Å². The van der Waals surface area contributed by atoms with Crippen LogP contribution in [0.3, 0.4) is 0 Å². The van der Waals surface area contributed by atoms with Crippen LogP contribution < -0.4 is 19.7 Å². The lowest BCUT2D eigenvalue weighted by atomic mass is 9.85. The molecule has 3 rings (SSSR count). The number of aromatic nitrogens is 1. The van der Waals surface area contributed by atoms with Gasteiger partial charge in [0.2, 0.25) is 11.8 Å². The Balaban J connectivity index is 2.00. The van der Waals surface area contributed by atoms with Crippen molar-refractivity contribution in [3.63, 3.8) is 0 Å². The Morgan fingerprint density at radius 1 is 1.18 bits per heavy atom. The first-order valence-electron chi connectivity index (χ1n) is 11.0. The highest BCUT2D eigenvalue weighted by atomic mass is 19.3. The van der Waals surface area contributed by atoms with Gasteiger partial charge in [-0.15, -0.1) is 0 Å².